The lowest BCUT2D eigenvalue weighted by Crippen LogP contribution is -2.51. The zero-order valence-corrected chi connectivity index (χ0v) is 23.5. The number of unbranched alkanes of at least 4 members (excludes halogenated alkanes) is 13. The fourth-order valence-electron chi connectivity index (χ4n) is 4.55. The van der Waals surface area contributed by atoms with E-state index in [0.717, 1.165) is 38.0 Å². The maximum Gasteiger partial charge on any atom is 0.337 e. The Hall–Kier alpha value is -1.96. The van der Waals surface area contributed by atoms with Crippen LogP contribution < -0.4 is 0 Å². The highest BCUT2D eigenvalue weighted by atomic mass is 16.6. The number of aliphatic carboxylic acids is 2. The van der Waals surface area contributed by atoms with Gasteiger partial charge >= 0.3 is 23.9 Å². The van der Waals surface area contributed by atoms with E-state index in [1.807, 2.05) is 6.92 Å². The highest BCUT2D eigenvalue weighted by Crippen LogP contribution is 2.29. The maximum absolute atomic E-state index is 12.6. The monoisotopic (exact) mass is 528 g/mol. The highest BCUT2D eigenvalue weighted by molar-refractivity contribution is 5.93. The van der Waals surface area contributed by atoms with Gasteiger partial charge in [-0.1, -0.05) is 117 Å². The van der Waals surface area contributed by atoms with E-state index in [-0.39, 0.29) is 12.8 Å². The number of carboxylic acid groups (broad SMARTS) is 2. The molecule has 2 unspecified atom stereocenters. The number of carbonyl (C=O) groups is 4. The molecule has 0 heterocycles. The van der Waals surface area contributed by atoms with E-state index in [1.165, 1.54) is 51.4 Å². The van der Waals surface area contributed by atoms with Crippen molar-refractivity contribution in [2.75, 3.05) is 0 Å². The van der Waals surface area contributed by atoms with Crippen LogP contribution in [0.15, 0.2) is 0 Å². The topological polar surface area (TPSA) is 138 Å². The molecule has 0 aliphatic heterocycles. The van der Waals surface area contributed by atoms with Crippen LogP contribution in [-0.4, -0.2) is 44.8 Å². The quantitative estimate of drug-likeness (QED) is 0.0718. The summed E-state index contributed by atoms with van der Waals surface area (Å²) in [4.78, 5) is 47.6. The second kappa shape index (κ2) is 21.0. The number of rotatable bonds is 24. The van der Waals surface area contributed by atoms with Gasteiger partial charge in [0, 0.05) is 6.42 Å². The third kappa shape index (κ3) is 17.2. The second-order valence-corrected chi connectivity index (χ2v) is 10.8. The van der Waals surface area contributed by atoms with E-state index in [2.05, 4.69) is 13.8 Å². The van der Waals surface area contributed by atoms with Crippen molar-refractivity contribution in [3.05, 3.63) is 0 Å². The molecular formula is C29H52O8. The number of hydrogen-bond donors (Lipinski definition) is 3. The standard InChI is InChI=1S/C29H52O8/c1-4-5-16-21-26(32)37-27(33)24(29(36,28(34)35)22-25(30)31)20-18-15-13-11-9-7-6-8-10-12-14-17-19-23(2)3/h23-24,36H,4-22H2,1-3H3,(H,30,31)(H,34,35). The molecule has 0 fully saturated rings. The Morgan fingerprint density at radius 2 is 1.16 bits per heavy atom. The first-order valence-electron chi connectivity index (χ1n) is 14.5. The SMILES string of the molecule is CCCCCC(=O)OC(=O)C(CCCCCCCCCCCCCCC(C)C)C(O)(CC(=O)O)C(=O)O. The van der Waals surface area contributed by atoms with Crippen LogP contribution in [0.5, 0.6) is 0 Å². The number of esters is 2. The van der Waals surface area contributed by atoms with Crippen molar-refractivity contribution in [2.45, 2.75) is 148 Å². The van der Waals surface area contributed by atoms with Gasteiger partial charge in [-0.05, 0) is 18.8 Å². The van der Waals surface area contributed by atoms with Crippen LogP contribution >= 0.6 is 0 Å². The van der Waals surface area contributed by atoms with Gasteiger partial charge < -0.3 is 20.1 Å². The van der Waals surface area contributed by atoms with Gasteiger partial charge in [0.1, 0.15) is 0 Å². The summed E-state index contributed by atoms with van der Waals surface area (Å²) in [6.07, 6.45) is 15.4. The van der Waals surface area contributed by atoms with Crippen LogP contribution in [0.4, 0.5) is 0 Å². The first-order valence-corrected chi connectivity index (χ1v) is 14.5. The smallest absolute Gasteiger partial charge is 0.337 e. The maximum atomic E-state index is 12.6. The van der Waals surface area contributed by atoms with Crippen LogP contribution in [0.1, 0.15) is 143 Å². The third-order valence-electron chi connectivity index (χ3n) is 6.88. The van der Waals surface area contributed by atoms with Crippen molar-refractivity contribution in [2.24, 2.45) is 11.8 Å². The summed E-state index contributed by atoms with van der Waals surface area (Å²) in [5.41, 5.74) is -2.83. The van der Waals surface area contributed by atoms with E-state index >= 15 is 0 Å². The van der Waals surface area contributed by atoms with Crippen LogP contribution in [0.2, 0.25) is 0 Å². The molecule has 8 heteroatoms. The highest BCUT2D eigenvalue weighted by Gasteiger charge is 2.50. The molecule has 0 aromatic heterocycles. The van der Waals surface area contributed by atoms with Gasteiger partial charge in [-0.3, -0.25) is 14.4 Å². The molecule has 0 aliphatic carbocycles. The Balaban J connectivity index is 4.47. The number of hydrogen-bond acceptors (Lipinski definition) is 6. The number of carboxylic acids is 2. The largest absolute Gasteiger partial charge is 0.481 e. The Kier molecular flexibility index (Phi) is 19.9. The minimum absolute atomic E-state index is 0.00879. The molecule has 0 bridgehead atoms. The lowest BCUT2D eigenvalue weighted by atomic mass is 9.81. The fraction of sp³-hybridized carbons (Fsp3) is 0.862. The Morgan fingerprint density at radius 3 is 1.57 bits per heavy atom. The minimum Gasteiger partial charge on any atom is -0.481 e. The fourth-order valence-corrected chi connectivity index (χ4v) is 4.55. The summed E-state index contributed by atoms with van der Waals surface area (Å²) < 4.78 is 4.82. The molecule has 216 valence electrons. The Labute approximate surface area is 223 Å². The van der Waals surface area contributed by atoms with E-state index in [0.29, 0.717) is 19.3 Å². The molecular weight excluding hydrogens is 476 g/mol. The van der Waals surface area contributed by atoms with Crippen LogP contribution in [0.25, 0.3) is 0 Å². The van der Waals surface area contributed by atoms with Crippen molar-refractivity contribution in [1.82, 2.24) is 0 Å². The number of ether oxygens (including phenoxy) is 1. The van der Waals surface area contributed by atoms with Crippen LogP contribution in [-0.2, 0) is 23.9 Å². The molecule has 0 saturated carbocycles. The lowest BCUT2D eigenvalue weighted by Gasteiger charge is -2.29. The summed E-state index contributed by atoms with van der Waals surface area (Å²) in [6.45, 7) is 6.49. The summed E-state index contributed by atoms with van der Waals surface area (Å²) >= 11 is 0. The predicted octanol–water partition coefficient (Wildman–Crippen LogP) is 6.66. The third-order valence-corrected chi connectivity index (χ3v) is 6.88. The van der Waals surface area contributed by atoms with Gasteiger partial charge in [0.2, 0.25) is 0 Å². The first-order chi connectivity index (χ1) is 17.5. The molecule has 0 saturated heterocycles. The normalized spacial score (nSPS) is 13.8. The molecule has 8 nitrogen and oxygen atoms in total. The van der Waals surface area contributed by atoms with Crippen LogP contribution in [0.3, 0.4) is 0 Å². The summed E-state index contributed by atoms with van der Waals surface area (Å²) in [5, 5.41) is 29.3. The average Bonchev–Trinajstić information content (AvgIpc) is 2.80. The van der Waals surface area contributed by atoms with Gasteiger partial charge in [0.05, 0.1) is 12.3 Å². The summed E-state index contributed by atoms with van der Waals surface area (Å²) in [5.74, 6) is -6.16. The van der Waals surface area contributed by atoms with Gasteiger partial charge in [-0.2, -0.15) is 0 Å². The summed E-state index contributed by atoms with van der Waals surface area (Å²) in [6, 6.07) is 0. The molecule has 0 spiro atoms. The molecule has 0 amide bonds. The van der Waals surface area contributed by atoms with Crippen molar-refractivity contribution in [3.63, 3.8) is 0 Å². The van der Waals surface area contributed by atoms with Crippen molar-refractivity contribution in [1.29, 1.82) is 0 Å². The zero-order chi connectivity index (χ0) is 28.1. The molecule has 3 N–H and O–H groups in total. The summed E-state index contributed by atoms with van der Waals surface area (Å²) in [7, 11) is 0. The van der Waals surface area contributed by atoms with Crippen molar-refractivity contribution < 1.29 is 39.2 Å². The van der Waals surface area contributed by atoms with Crippen molar-refractivity contribution >= 4 is 23.9 Å². The van der Waals surface area contributed by atoms with E-state index < -0.39 is 41.8 Å². The van der Waals surface area contributed by atoms with E-state index in [1.54, 1.807) is 0 Å². The van der Waals surface area contributed by atoms with Gasteiger partial charge in [-0.25, -0.2) is 4.79 Å². The molecule has 2 atom stereocenters. The van der Waals surface area contributed by atoms with E-state index in [9.17, 15) is 29.4 Å². The predicted molar refractivity (Wildman–Crippen MR) is 143 cm³/mol. The van der Waals surface area contributed by atoms with E-state index in [4.69, 9.17) is 9.84 Å². The zero-order valence-electron chi connectivity index (χ0n) is 23.5. The number of aliphatic hydroxyl groups is 1. The van der Waals surface area contributed by atoms with Gasteiger partial charge in [-0.15, -0.1) is 0 Å². The first kappa shape index (κ1) is 35.0. The molecule has 0 aromatic rings. The van der Waals surface area contributed by atoms with Crippen molar-refractivity contribution in [3.8, 4) is 0 Å². The number of carbonyl (C=O) groups excluding carboxylic acids is 2. The minimum atomic E-state index is -2.83. The second-order valence-electron chi connectivity index (χ2n) is 10.8. The Bertz CT molecular complexity index is 660. The van der Waals surface area contributed by atoms with Gasteiger partial charge in [0.15, 0.2) is 5.60 Å². The molecule has 0 radical (unpaired) electrons. The Morgan fingerprint density at radius 1 is 0.703 bits per heavy atom. The lowest BCUT2D eigenvalue weighted by molar-refractivity contribution is -0.184. The average molecular weight is 529 g/mol. The van der Waals surface area contributed by atoms with Gasteiger partial charge in [0.25, 0.3) is 0 Å². The molecule has 0 aliphatic rings. The molecule has 0 rings (SSSR count). The molecule has 37 heavy (non-hydrogen) atoms. The van der Waals surface area contributed by atoms with Crippen LogP contribution in [0, 0.1) is 11.8 Å². The molecule has 0 aromatic carbocycles.